The number of phenolic OH excluding ortho intramolecular Hbond substituents is 1. The average Bonchev–Trinajstić information content (AvgIpc) is 3.63. The van der Waals surface area contributed by atoms with E-state index in [4.69, 9.17) is 5.73 Å². The number of nitrogens with zero attached hydrogens (tertiary/aromatic N) is 1. The van der Waals surface area contributed by atoms with Crippen LogP contribution in [0, 0.1) is 11.8 Å². The van der Waals surface area contributed by atoms with Crippen molar-refractivity contribution in [1.29, 1.82) is 0 Å². The molecule has 16 nitrogen and oxygen atoms in total. The van der Waals surface area contributed by atoms with Crippen LogP contribution in [0.15, 0.2) is 54.6 Å². The van der Waals surface area contributed by atoms with E-state index in [1.807, 2.05) is 0 Å². The third-order valence-electron chi connectivity index (χ3n) is 9.59. The van der Waals surface area contributed by atoms with E-state index in [0.717, 1.165) is 5.56 Å². The maximum atomic E-state index is 13.8. The van der Waals surface area contributed by atoms with E-state index < -0.39 is 90.1 Å². The van der Waals surface area contributed by atoms with Crippen molar-refractivity contribution in [1.82, 2.24) is 26.2 Å². The summed E-state index contributed by atoms with van der Waals surface area (Å²) in [4.78, 5) is 93.1. The lowest BCUT2D eigenvalue weighted by atomic mass is 9.96. The highest BCUT2D eigenvalue weighted by Crippen LogP contribution is 2.21. The van der Waals surface area contributed by atoms with Crippen LogP contribution in [0.25, 0.3) is 0 Å². The number of carboxylic acids is 2. The first-order valence-electron chi connectivity index (χ1n) is 18.5. The first-order valence-corrected chi connectivity index (χ1v) is 18.5. The van der Waals surface area contributed by atoms with Crippen LogP contribution in [-0.2, 0) is 46.4 Å². The number of likely N-dealkylation sites (tertiary alicyclic amines) is 1. The largest absolute Gasteiger partial charge is 0.508 e. The molecule has 1 heterocycles. The van der Waals surface area contributed by atoms with Gasteiger partial charge < -0.3 is 47.2 Å². The quantitative estimate of drug-likeness (QED) is 0.0946. The second kappa shape index (κ2) is 20.8. The molecule has 0 aliphatic carbocycles. The fraction of sp³-hybridized carbons (Fsp3) is 0.513. The molecule has 0 aromatic heterocycles. The third kappa shape index (κ3) is 13.4. The maximum Gasteiger partial charge on any atom is 0.326 e. The van der Waals surface area contributed by atoms with Gasteiger partial charge in [-0.15, -0.1) is 0 Å². The number of carbonyl (C=O) groups is 7. The smallest absolute Gasteiger partial charge is 0.326 e. The van der Waals surface area contributed by atoms with Gasteiger partial charge in [0.05, 0.1) is 12.5 Å². The molecule has 1 aliphatic heterocycles. The lowest BCUT2D eigenvalue weighted by Gasteiger charge is -2.31. The van der Waals surface area contributed by atoms with Crippen molar-refractivity contribution in [2.24, 2.45) is 17.6 Å². The van der Waals surface area contributed by atoms with Gasteiger partial charge in [-0.05, 0) is 60.8 Å². The molecule has 0 spiro atoms. The van der Waals surface area contributed by atoms with Crippen LogP contribution in [0.5, 0.6) is 5.75 Å². The summed E-state index contributed by atoms with van der Waals surface area (Å²) in [6.45, 7) is 7.31. The van der Waals surface area contributed by atoms with Crippen LogP contribution >= 0.6 is 0 Å². The Morgan fingerprint density at radius 3 is 1.95 bits per heavy atom. The van der Waals surface area contributed by atoms with Gasteiger partial charge in [-0.2, -0.15) is 0 Å². The Labute approximate surface area is 320 Å². The zero-order valence-electron chi connectivity index (χ0n) is 31.7. The minimum Gasteiger partial charge on any atom is -0.508 e. The number of hydrogen-bond acceptors (Lipinski definition) is 9. The van der Waals surface area contributed by atoms with E-state index in [1.165, 1.54) is 17.0 Å². The Kier molecular flexibility index (Phi) is 16.6. The molecule has 16 heteroatoms. The van der Waals surface area contributed by atoms with Crippen molar-refractivity contribution in [3.8, 4) is 5.75 Å². The van der Waals surface area contributed by atoms with Crippen LogP contribution in [-0.4, -0.2) is 104 Å². The van der Waals surface area contributed by atoms with Gasteiger partial charge in [0.25, 0.3) is 0 Å². The van der Waals surface area contributed by atoms with E-state index in [2.05, 4.69) is 21.3 Å². The molecule has 3 rings (SSSR count). The molecule has 9 N–H and O–H groups in total. The first-order chi connectivity index (χ1) is 26.0. The molecule has 1 saturated heterocycles. The molecule has 1 fully saturated rings. The number of phenols is 1. The normalized spacial score (nSPS) is 17.2. The third-order valence-corrected chi connectivity index (χ3v) is 9.59. The van der Waals surface area contributed by atoms with E-state index in [9.17, 15) is 48.9 Å². The fourth-order valence-electron chi connectivity index (χ4n) is 6.38. The number of rotatable bonds is 20. The lowest BCUT2D eigenvalue weighted by Crippen LogP contribution is -2.60. The SMILES string of the molecule is CC[C@H](C)[C@H](NC(=O)[C@@H]1CCCN1C(=O)[C@@H](N)Cc1ccc(O)cc1)C(=O)N[C@@H](CC(=O)O)C(=O)N[C@@H](CC(C)C)C(=O)N[C@@H](Cc1ccccc1)C(=O)O. The number of carbonyl (C=O) groups excluding carboxylic acids is 5. The van der Waals surface area contributed by atoms with Crippen molar-refractivity contribution in [3.05, 3.63) is 65.7 Å². The Balaban J connectivity index is 1.74. The van der Waals surface area contributed by atoms with Crippen LogP contribution < -0.4 is 27.0 Å². The number of carboxylic acid groups (broad SMARTS) is 2. The predicted molar refractivity (Wildman–Crippen MR) is 201 cm³/mol. The van der Waals surface area contributed by atoms with Gasteiger partial charge in [-0.25, -0.2) is 4.79 Å². The number of amides is 5. The van der Waals surface area contributed by atoms with E-state index >= 15 is 0 Å². The highest BCUT2D eigenvalue weighted by atomic mass is 16.4. The summed E-state index contributed by atoms with van der Waals surface area (Å²) >= 11 is 0. The van der Waals surface area contributed by atoms with E-state index in [1.54, 1.807) is 70.2 Å². The van der Waals surface area contributed by atoms with Crippen LogP contribution in [0.2, 0.25) is 0 Å². The average molecular weight is 767 g/mol. The summed E-state index contributed by atoms with van der Waals surface area (Å²) in [6, 6.07) is 7.52. The van der Waals surface area contributed by atoms with Gasteiger partial charge in [0.15, 0.2) is 0 Å². The van der Waals surface area contributed by atoms with Gasteiger partial charge in [0.1, 0.15) is 36.0 Å². The minimum absolute atomic E-state index is 0.0237. The van der Waals surface area contributed by atoms with Gasteiger partial charge in [0, 0.05) is 13.0 Å². The fourth-order valence-corrected chi connectivity index (χ4v) is 6.38. The Morgan fingerprint density at radius 2 is 1.36 bits per heavy atom. The highest BCUT2D eigenvalue weighted by Gasteiger charge is 2.39. The zero-order valence-corrected chi connectivity index (χ0v) is 31.7. The number of aliphatic carboxylic acids is 2. The number of benzene rings is 2. The molecular formula is C39H54N6O10. The Morgan fingerprint density at radius 1 is 0.782 bits per heavy atom. The summed E-state index contributed by atoms with van der Waals surface area (Å²) in [5.41, 5.74) is 7.61. The number of aromatic hydroxyl groups is 1. The van der Waals surface area contributed by atoms with Gasteiger partial charge in [0.2, 0.25) is 29.5 Å². The highest BCUT2D eigenvalue weighted by molar-refractivity contribution is 5.97. The molecule has 300 valence electrons. The number of hydrogen-bond donors (Lipinski definition) is 8. The van der Waals surface area contributed by atoms with Gasteiger partial charge in [-0.3, -0.25) is 28.8 Å². The molecule has 55 heavy (non-hydrogen) atoms. The molecule has 2 aromatic rings. The number of nitrogens with two attached hydrogens (primary N) is 1. The van der Waals surface area contributed by atoms with Gasteiger partial charge >= 0.3 is 11.9 Å². The predicted octanol–water partition coefficient (Wildman–Crippen LogP) is 1.09. The summed E-state index contributed by atoms with van der Waals surface area (Å²) in [5.74, 6) is -6.99. The second-order valence-corrected chi connectivity index (χ2v) is 14.5. The number of nitrogens with one attached hydrogen (secondary N) is 4. The van der Waals surface area contributed by atoms with Crippen LogP contribution in [0.1, 0.15) is 70.9 Å². The molecule has 2 aromatic carbocycles. The summed E-state index contributed by atoms with van der Waals surface area (Å²) in [7, 11) is 0. The summed E-state index contributed by atoms with van der Waals surface area (Å²) in [6.07, 6.45) is 0.598. The van der Waals surface area contributed by atoms with Crippen molar-refractivity contribution in [3.63, 3.8) is 0 Å². The Bertz CT molecular complexity index is 1650. The molecule has 7 atom stereocenters. The molecule has 0 radical (unpaired) electrons. The molecule has 1 aliphatic rings. The standard InChI is InChI=1S/C39H54N6O10/c1-5-23(4)33(44-36(51)31-12-9-17-45(31)38(53)27(40)19-25-13-15-26(46)16-14-25)37(52)42-29(21-32(47)48)35(50)41-28(18-22(2)3)34(49)43-30(39(54)55)20-24-10-7-6-8-11-24/h6-8,10-11,13-16,22-23,27-31,33,46H,5,9,12,17-21,40H2,1-4H3,(H,41,50)(H,42,52)(H,43,49)(H,44,51)(H,47,48)(H,54,55)/t23-,27-,28-,29-,30-,31-,33-/m0/s1. The zero-order chi connectivity index (χ0) is 40.8. The molecule has 0 saturated carbocycles. The molecule has 0 bridgehead atoms. The second-order valence-electron chi connectivity index (χ2n) is 14.5. The van der Waals surface area contributed by atoms with Crippen LogP contribution in [0.3, 0.4) is 0 Å². The van der Waals surface area contributed by atoms with E-state index in [-0.39, 0.29) is 37.5 Å². The summed E-state index contributed by atoms with van der Waals surface area (Å²) < 4.78 is 0. The monoisotopic (exact) mass is 766 g/mol. The van der Waals surface area contributed by atoms with Crippen molar-refractivity contribution in [2.75, 3.05) is 6.54 Å². The van der Waals surface area contributed by atoms with Crippen molar-refractivity contribution in [2.45, 2.75) is 109 Å². The Hall–Kier alpha value is -5.51. The maximum absolute atomic E-state index is 13.8. The first kappa shape index (κ1) is 43.9. The molecular weight excluding hydrogens is 712 g/mol. The van der Waals surface area contributed by atoms with Crippen molar-refractivity contribution < 1.29 is 48.9 Å². The van der Waals surface area contributed by atoms with Gasteiger partial charge in [-0.1, -0.05) is 76.6 Å². The molecule has 0 unspecified atom stereocenters. The minimum atomic E-state index is -1.67. The lowest BCUT2D eigenvalue weighted by molar-refractivity contribution is -0.143. The van der Waals surface area contributed by atoms with Crippen LogP contribution in [0.4, 0.5) is 0 Å². The topological polar surface area (TPSA) is 258 Å². The van der Waals surface area contributed by atoms with Crippen molar-refractivity contribution >= 4 is 41.5 Å². The summed E-state index contributed by atoms with van der Waals surface area (Å²) in [5, 5.41) is 39.2. The molecule has 5 amide bonds. The van der Waals surface area contributed by atoms with E-state index in [0.29, 0.717) is 24.8 Å².